The lowest BCUT2D eigenvalue weighted by Gasteiger charge is -2.40. The van der Waals surface area contributed by atoms with Crippen molar-refractivity contribution in [1.29, 1.82) is 0 Å². The first-order chi connectivity index (χ1) is 10.1. The van der Waals surface area contributed by atoms with Gasteiger partial charge in [0, 0.05) is 32.9 Å². The molecule has 0 bridgehead atoms. The van der Waals surface area contributed by atoms with E-state index in [9.17, 15) is 4.79 Å². The maximum absolute atomic E-state index is 12.5. The van der Waals surface area contributed by atoms with Crippen LogP contribution in [0.4, 0.5) is 5.82 Å². The van der Waals surface area contributed by atoms with Gasteiger partial charge in [0.05, 0.1) is 23.5 Å². The van der Waals surface area contributed by atoms with Crippen molar-refractivity contribution < 1.29 is 4.79 Å². The highest BCUT2D eigenvalue weighted by molar-refractivity contribution is 5.94. The lowest BCUT2D eigenvalue weighted by Crippen LogP contribution is -2.45. The van der Waals surface area contributed by atoms with E-state index in [1.165, 1.54) is 0 Å². The zero-order chi connectivity index (χ0) is 15.0. The predicted molar refractivity (Wildman–Crippen MR) is 77.9 cm³/mol. The van der Waals surface area contributed by atoms with E-state index in [4.69, 9.17) is 0 Å². The van der Waals surface area contributed by atoms with Gasteiger partial charge in [-0.3, -0.25) is 9.48 Å². The Balaban J connectivity index is 1.84. The van der Waals surface area contributed by atoms with E-state index in [1.54, 1.807) is 24.1 Å². The SMILES string of the molecule is CNc1cc(C2CCN2C(=O)c2cnn(C)c2)nc(C)n1. The molecule has 21 heavy (non-hydrogen) atoms. The molecular weight excluding hydrogens is 268 g/mol. The van der Waals surface area contributed by atoms with Crippen LogP contribution in [0.25, 0.3) is 0 Å². The normalized spacial score (nSPS) is 17.5. The van der Waals surface area contributed by atoms with Crippen LogP contribution in [0.5, 0.6) is 0 Å². The molecule has 2 aromatic heterocycles. The first-order valence-electron chi connectivity index (χ1n) is 6.91. The van der Waals surface area contributed by atoms with Crippen LogP contribution in [0.15, 0.2) is 18.5 Å². The summed E-state index contributed by atoms with van der Waals surface area (Å²) in [7, 11) is 3.63. The van der Waals surface area contributed by atoms with Crippen LogP contribution in [-0.4, -0.2) is 44.1 Å². The molecule has 1 unspecified atom stereocenters. The fourth-order valence-corrected chi connectivity index (χ4v) is 2.52. The van der Waals surface area contributed by atoms with Crippen LogP contribution in [-0.2, 0) is 7.05 Å². The van der Waals surface area contributed by atoms with Gasteiger partial charge >= 0.3 is 0 Å². The van der Waals surface area contributed by atoms with Crippen LogP contribution in [0.3, 0.4) is 0 Å². The predicted octanol–water partition coefficient (Wildman–Crippen LogP) is 1.15. The summed E-state index contributed by atoms with van der Waals surface area (Å²) in [4.78, 5) is 23.1. The Morgan fingerprint density at radius 1 is 1.43 bits per heavy atom. The molecule has 1 amide bonds. The Hall–Kier alpha value is -2.44. The minimum Gasteiger partial charge on any atom is -0.373 e. The number of nitrogens with one attached hydrogen (secondary N) is 1. The van der Waals surface area contributed by atoms with Gasteiger partial charge < -0.3 is 10.2 Å². The topological polar surface area (TPSA) is 75.9 Å². The Labute approximate surface area is 123 Å². The van der Waals surface area contributed by atoms with Gasteiger partial charge in [-0.05, 0) is 13.3 Å². The van der Waals surface area contributed by atoms with Gasteiger partial charge in [-0.1, -0.05) is 0 Å². The molecule has 7 heteroatoms. The highest BCUT2D eigenvalue weighted by Gasteiger charge is 2.35. The van der Waals surface area contributed by atoms with E-state index in [1.807, 2.05) is 24.9 Å². The van der Waals surface area contributed by atoms with E-state index >= 15 is 0 Å². The van der Waals surface area contributed by atoms with Crippen molar-refractivity contribution in [1.82, 2.24) is 24.6 Å². The van der Waals surface area contributed by atoms with E-state index < -0.39 is 0 Å². The molecule has 1 aliphatic heterocycles. The number of hydrogen-bond acceptors (Lipinski definition) is 5. The van der Waals surface area contributed by atoms with Crippen molar-refractivity contribution in [2.24, 2.45) is 7.05 Å². The highest BCUT2D eigenvalue weighted by Crippen LogP contribution is 2.34. The molecule has 1 aliphatic rings. The summed E-state index contributed by atoms with van der Waals surface area (Å²) >= 11 is 0. The summed E-state index contributed by atoms with van der Waals surface area (Å²) in [5.74, 6) is 1.48. The summed E-state index contributed by atoms with van der Waals surface area (Å²) in [6.45, 7) is 2.60. The molecule has 1 atom stereocenters. The van der Waals surface area contributed by atoms with Crippen molar-refractivity contribution in [3.63, 3.8) is 0 Å². The monoisotopic (exact) mass is 286 g/mol. The summed E-state index contributed by atoms with van der Waals surface area (Å²) in [6, 6.07) is 1.92. The van der Waals surface area contributed by atoms with Crippen molar-refractivity contribution in [2.45, 2.75) is 19.4 Å². The molecule has 0 spiro atoms. The number of amides is 1. The van der Waals surface area contributed by atoms with E-state index in [2.05, 4.69) is 20.4 Å². The first kappa shape index (κ1) is 13.5. The summed E-state index contributed by atoms with van der Waals surface area (Å²) in [6.07, 6.45) is 4.26. The number of anilines is 1. The Morgan fingerprint density at radius 3 is 2.81 bits per heavy atom. The summed E-state index contributed by atoms with van der Waals surface area (Å²) in [5.41, 5.74) is 1.50. The van der Waals surface area contributed by atoms with E-state index in [0.29, 0.717) is 11.4 Å². The number of nitrogens with zero attached hydrogens (tertiary/aromatic N) is 5. The third-order valence-corrected chi connectivity index (χ3v) is 3.69. The number of carbonyl (C=O) groups excluding carboxylic acids is 1. The number of carbonyl (C=O) groups is 1. The zero-order valence-corrected chi connectivity index (χ0v) is 12.4. The quantitative estimate of drug-likeness (QED) is 0.916. The van der Waals surface area contributed by atoms with Crippen molar-refractivity contribution in [3.05, 3.63) is 35.5 Å². The molecule has 1 N–H and O–H groups in total. The fourth-order valence-electron chi connectivity index (χ4n) is 2.52. The van der Waals surface area contributed by atoms with Gasteiger partial charge in [-0.2, -0.15) is 5.10 Å². The molecule has 3 heterocycles. The molecule has 1 fully saturated rings. The molecule has 2 aromatic rings. The van der Waals surface area contributed by atoms with Crippen LogP contribution < -0.4 is 5.32 Å². The van der Waals surface area contributed by atoms with Crippen LogP contribution in [0, 0.1) is 6.92 Å². The number of aromatic nitrogens is 4. The molecule has 110 valence electrons. The van der Waals surface area contributed by atoms with E-state index in [0.717, 1.165) is 24.5 Å². The Bertz CT molecular complexity index is 680. The average Bonchev–Trinajstić information content (AvgIpc) is 2.83. The van der Waals surface area contributed by atoms with Crippen LogP contribution in [0.2, 0.25) is 0 Å². The second kappa shape index (κ2) is 5.16. The molecule has 0 saturated carbocycles. The lowest BCUT2D eigenvalue weighted by atomic mass is 9.98. The Morgan fingerprint density at radius 2 is 2.24 bits per heavy atom. The maximum atomic E-state index is 12.5. The van der Waals surface area contributed by atoms with Gasteiger partial charge in [-0.15, -0.1) is 0 Å². The third-order valence-electron chi connectivity index (χ3n) is 3.69. The minimum absolute atomic E-state index is 0.00150. The largest absolute Gasteiger partial charge is 0.373 e. The van der Waals surface area contributed by atoms with Crippen molar-refractivity contribution >= 4 is 11.7 Å². The second-order valence-corrected chi connectivity index (χ2v) is 5.18. The number of rotatable bonds is 3. The summed E-state index contributed by atoms with van der Waals surface area (Å²) in [5, 5.41) is 7.07. The molecule has 0 aromatic carbocycles. The van der Waals surface area contributed by atoms with Gasteiger partial charge in [0.25, 0.3) is 5.91 Å². The van der Waals surface area contributed by atoms with Crippen molar-refractivity contribution in [3.8, 4) is 0 Å². The van der Waals surface area contributed by atoms with Crippen molar-refractivity contribution in [2.75, 3.05) is 18.9 Å². The van der Waals surface area contributed by atoms with Gasteiger partial charge in [0.15, 0.2) is 0 Å². The standard InChI is InChI=1S/C14H18N6O/c1-9-17-11(6-13(15-2)18-9)12-4-5-20(12)14(21)10-7-16-19(3)8-10/h6-8,12H,4-5H2,1-3H3,(H,15,17,18). The summed E-state index contributed by atoms with van der Waals surface area (Å²) < 4.78 is 1.63. The second-order valence-electron chi connectivity index (χ2n) is 5.18. The lowest BCUT2D eigenvalue weighted by molar-refractivity contribution is 0.0450. The maximum Gasteiger partial charge on any atom is 0.257 e. The van der Waals surface area contributed by atoms with Gasteiger partial charge in [-0.25, -0.2) is 9.97 Å². The number of hydrogen-bond donors (Lipinski definition) is 1. The Kier molecular flexibility index (Phi) is 3.32. The molecule has 0 aliphatic carbocycles. The third kappa shape index (κ3) is 2.46. The first-order valence-corrected chi connectivity index (χ1v) is 6.91. The molecule has 1 saturated heterocycles. The number of likely N-dealkylation sites (tertiary alicyclic amines) is 1. The molecular formula is C14H18N6O. The zero-order valence-electron chi connectivity index (χ0n) is 12.4. The molecule has 3 rings (SSSR count). The van der Waals surface area contributed by atoms with Crippen LogP contribution >= 0.6 is 0 Å². The van der Waals surface area contributed by atoms with Gasteiger partial charge in [0.1, 0.15) is 11.6 Å². The number of aryl methyl sites for hydroxylation is 2. The highest BCUT2D eigenvalue weighted by atomic mass is 16.2. The average molecular weight is 286 g/mol. The fraction of sp³-hybridized carbons (Fsp3) is 0.429. The van der Waals surface area contributed by atoms with E-state index in [-0.39, 0.29) is 11.9 Å². The van der Waals surface area contributed by atoms with Gasteiger partial charge in [0.2, 0.25) is 0 Å². The molecule has 0 radical (unpaired) electrons. The smallest absolute Gasteiger partial charge is 0.257 e. The molecule has 7 nitrogen and oxygen atoms in total. The van der Waals surface area contributed by atoms with Crippen LogP contribution in [0.1, 0.15) is 34.3 Å². The minimum atomic E-state index is 0.00150.